The van der Waals surface area contributed by atoms with Crippen molar-refractivity contribution in [2.24, 2.45) is 0 Å². The zero-order chi connectivity index (χ0) is 10.4. The average molecular weight is 190 g/mol. The fraction of sp³-hybridized carbons (Fsp3) is 0.182. The second-order valence-electron chi connectivity index (χ2n) is 2.57. The summed E-state index contributed by atoms with van der Waals surface area (Å²) in [6.07, 6.45) is -0.949. The highest BCUT2D eigenvalue weighted by molar-refractivity contribution is 5.88. The normalized spacial score (nSPS) is 11.0. The van der Waals surface area contributed by atoms with Crippen molar-refractivity contribution in [3.05, 3.63) is 35.9 Å². The van der Waals surface area contributed by atoms with Gasteiger partial charge in [-0.05, 0) is 5.56 Å². The maximum atomic E-state index is 10.6. The van der Waals surface area contributed by atoms with Crippen molar-refractivity contribution < 1.29 is 14.6 Å². The lowest BCUT2D eigenvalue weighted by Crippen LogP contribution is -1.98. The molecule has 0 aromatic heterocycles. The second kappa shape index (κ2) is 5.05. The molecule has 0 aliphatic carbocycles. The number of ether oxygens (including phenoxy) is 1. The molecule has 1 aromatic carbocycles. The SMILES string of the molecule is COC(=O)C#C[C@H](O)c1ccccc1. The Morgan fingerprint density at radius 1 is 1.43 bits per heavy atom. The zero-order valence-corrected chi connectivity index (χ0v) is 7.73. The van der Waals surface area contributed by atoms with Crippen molar-refractivity contribution in [2.45, 2.75) is 6.10 Å². The number of methoxy groups -OCH3 is 1. The Balaban J connectivity index is 2.71. The van der Waals surface area contributed by atoms with Gasteiger partial charge in [0.1, 0.15) is 6.10 Å². The molecule has 3 nitrogen and oxygen atoms in total. The molecule has 0 aliphatic heterocycles. The van der Waals surface area contributed by atoms with Gasteiger partial charge < -0.3 is 9.84 Å². The average Bonchev–Trinajstić information content (AvgIpc) is 2.26. The fourth-order valence-corrected chi connectivity index (χ4v) is 0.897. The molecule has 3 heteroatoms. The van der Waals surface area contributed by atoms with Gasteiger partial charge in [-0.2, -0.15) is 0 Å². The Bertz CT molecular complexity index is 359. The Labute approximate surface area is 82.3 Å². The lowest BCUT2D eigenvalue weighted by Gasteiger charge is -2.01. The third kappa shape index (κ3) is 2.92. The predicted octanol–water partition coefficient (Wildman–Crippen LogP) is 0.896. The molecule has 72 valence electrons. The summed E-state index contributed by atoms with van der Waals surface area (Å²) >= 11 is 0. The van der Waals surface area contributed by atoms with Gasteiger partial charge >= 0.3 is 5.97 Å². The Kier molecular flexibility index (Phi) is 3.71. The van der Waals surface area contributed by atoms with Crippen LogP contribution in [-0.2, 0) is 9.53 Å². The topological polar surface area (TPSA) is 46.5 Å². The number of carbonyl (C=O) groups excluding carboxylic acids is 1. The van der Waals surface area contributed by atoms with Crippen molar-refractivity contribution in [3.8, 4) is 11.8 Å². The van der Waals surface area contributed by atoms with Gasteiger partial charge in [0.25, 0.3) is 0 Å². The first-order chi connectivity index (χ1) is 6.74. The molecule has 1 atom stereocenters. The highest BCUT2D eigenvalue weighted by Crippen LogP contribution is 2.09. The fourth-order valence-electron chi connectivity index (χ4n) is 0.897. The second-order valence-corrected chi connectivity index (χ2v) is 2.57. The maximum absolute atomic E-state index is 10.6. The molecule has 0 amide bonds. The minimum Gasteiger partial charge on any atom is -0.459 e. The first-order valence-corrected chi connectivity index (χ1v) is 4.06. The van der Waals surface area contributed by atoms with Gasteiger partial charge in [-0.1, -0.05) is 36.3 Å². The van der Waals surface area contributed by atoms with Crippen molar-refractivity contribution in [2.75, 3.05) is 7.11 Å². The molecule has 0 aliphatic rings. The van der Waals surface area contributed by atoms with Crippen LogP contribution in [0.4, 0.5) is 0 Å². The van der Waals surface area contributed by atoms with E-state index in [1.165, 1.54) is 7.11 Å². The van der Waals surface area contributed by atoms with Crippen molar-refractivity contribution >= 4 is 5.97 Å². The van der Waals surface area contributed by atoms with Crippen molar-refractivity contribution in [1.29, 1.82) is 0 Å². The minimum absolute atomic E-state index is 0.653. The van der Waals surface area contributed by atoms with Gasteiger partial charge in [0.2, 0.25) is 0 Å². The molecule has 14 heavy (non-hydrogen) atoms. The van der Waals surface area contributed by atoms with Crippen LogP contribution in [0.25, 0.3) is 0 Å². The number of hydrogen-bond acceptors (Lipinski definition) is 3. The molecule has 0 spiro atoms. The minimum atomic E-state index is -0.949. The molecule has 1 aromatic rings. The standard InChI is InChI=1S/C11H10O3/c1-14-11(13)8-7-10(12)9-5-3-2-4-6-9/h2-6,10,12H,1H3/t10-/m0/s1. The summed E-state index contributed by atoms with van der Waals surface area (Å²) in [6.45, 7) is 0. The van der Waals surface area contributed by atoms with Crippen LogP contribution >= 0.6 is 0 Å². The largest absolute Gasteiger partial charge is 0.459 e. The first-order valence-electron chi connectivity index (χ1n) is 4.06. The van der Waals surface area contributed by atoms with Crippen LogP contribution in [0.2, 0.25) is 0 Å². The number of esters is 1. The van der Waals surface area contributed by atoms with Crippen LogP contribution in [0.15, 0.2) is 30.3 Å². The van der Waals surface area contributed by atoms with Crippen LogP contribution < -0.4 is 0 Å². The van der Waals surface area contributed by atoms with E-state index < -0.39 is 12.1 Å². The van der Waals surface area contributed by atoms with E-state index in [4.69, 9.17) is 0 Å². The van der Waals surface area contributed by atoms with Crippen LogP contribution in [0, 0.1) is 11.8 Å². The van der Waals surface area contributed by atoms with Crippen molar-refractivity contribution in [1.82, 2.24) is 0 Å². The lowest BCUT2D eigenvalue weighted by atomic mass is 10.1. The smallest absolute Gasteiger partial charge is 0.384 e. The summed E-state index contributed by atoms with van der Waals surface area (Å²) in [5.41, 5.74) is 0.656. The van der Waals surface area contributed by atoms with Crippen molar-refractivity contribution in [3.63, 3.8) is 0 Å². The lowest BCUT2D eigenvalue weighted by molar-refractivity contribution is -0.133. The molecule has 0 saturated heterocycles. The number of benzene rings is 1. The van der Waals surface area contributed by atoms with Gasteiger partial charge in [0.15, 0.2) is 0 Å². The van der Waals surface area contributed by atoms with Crippen LogP contribution in [0.1, 0.15) is 11.7 Å². The Morgan fingerprint density at radius 2 is 2.07 bits per heavy atom. The van der Waals surface area contributed by atoms with E-state index in [0.717, 1.165) is 0 Å². The molecule has 0 radical (unpaired) electrons. The number of rotatable bonds is 1. The summed E-state index contributed by atoms with van der Waals surface area (Å²) < 4.78 is 4.31. The van der Waals surface area contributed by atoms with E-state index in [2.05, 4.69) is 16.6 Å². The third-order valence-electron chi connectivity index (χ3n) is 1.61. The van der Waals surface area contributed by atoms with Gasteiger partial charge in [-0.25, -0.2) is 4.79 Å². The monoisotopic (exact) mass is 190 g/mol. The molecule has 0 fully saturated rings. The zero-order valence-electron chi connectivity index (χ0n) is 7.73. The Morgan fingerprint density at radius 3 is 2.64 bits per heavy atom. The van der Waals surface area contributed by atoms with E-state index in [1.807, 2.05) is 6.07 Å². The molecule has 1 rings (SSSR count). The summed E-state index contributed by atoms with van der Waals surface area (Å²) in [5, 5.41) is 9.48. The van der Waals surface area contributed by atoms with Crippen LogP contribution in [-0.4, -0.2) is 18.2 Å². The summed E-state index contributed by atoms with van der Waals surface area (Å²) in [7, 11) is 1.24. The first kappa shape index (κ1) is 10.3. The van der Waals surface area contributed by atoms with E-state index in [0.29, 0.717) is 5.56 Å². The van der Waals surface area contributed by atoms with E-state index in [9.17, 15) is 9.90 Å². The Hall–Kier alpha value is -1.79. The predicted molar refractivity (Wildman–Crippen MR) is 51.2 cm³/mol. The highest BCUT2D eigenvalue weighted by atomic mass is 16.5. The number of aliphatic hydroxyl groups excluding tert-OH is 1. The summed E-state index contributed by atoms with van der Waals surface area (Å²) in [6, 6.07) is 8.88. The molecule has 0 unspecified atom stereocenters. The van der Waals surface area contributed by atoms with E-state index in [-0.39, 0.29) is 0 Å². The molecular formula is C11H10O3. The van der Waals surface area contributed by atoms with E-state index >= 15 is 0 Å². The molecule has 0 saturated carbocycles. The van der Waals surface area contributed by atoms with E-state index in [1.54, 1.807) is 24.3 Å². The van der Waals surface area contributed by atoms with Gasteiger partial charge in [-0.3, -0.25) is 0 Å². The maximum Gasteiger partial charge on any atom is 0.384 e. The van der Waals surface area contributed by atoms with Gasteiger partial charge in [0.05, 0.1) is 7.11 Å². The number of hydrogen-bond donors (Lipinski definition) is 1. The highest BCUT2D eigenvalue weighted by Gasteiger charge is 2.01. The van der Waals surface area contributed by atoms with Crippen LogP contribution in [0.5, 0.6) is 0 Å². The quantitative estimate of drug-likeness (QED) is 0.406. The molecule has 1 N–H and O–H groups in total. The third-order valence-corrected chi connectivity index (χ3v) is 1.61. The van der Waals surface area contributed by atoms with Crippen LogP contribution in [0.3, 0.4) is 0 Å². The van der Waals surface area contributed by atoms with Gasteiger partial charge in [-0.15, -0.1) is 0 Å². The summed E-state index contributed by atoms with van der Waals surface area (Å²) in [5.74, 6) is 3.90. The molecular weight excluding hydrogens is 180 g/mol. The number of carbonyl (C=O) groups is 1. The number of aliphatic hydroxyl groups is 1. The summed E-state index contributed by atoms with van der Waals surface area (Å²) in [4.78, 5) is 10.6. The molecule has 0 bridgehead atoms. The molecule has 0 heterocycles. The van der Waals surface area contributed by atoms with Gasteiger partial charge in [0, 0.05) is 5.92 Å².